The molecule has 7 aromatic rings. The van der Waals surface area contributed by atoms with Gasteiger partial charge in [0.2, 0.25) is 0 Å². The summed E-state index contributed by atoms with van der Waals surface area (Å²) in [4.78, 5) is 29.6. The van der Waals surface area contributed by atoms with Crippen molar-refractivity contribution < 1.29 is 62.3 Å². The van der Waals surface area contributed by atoms with E-state index < -0.39 is 69.9 Å². The molecule has 2 heterocycles. The molecule has 0 bridgehead atoms. The van der Waals surface area contributed by atoms with Crippen LogP contribution < -0.4 is 4.90 Å². The first-order valence-electron chi connectivity index (χ1n) is 18.1. The molecule has 0 radical (unpaired) electrons. The summed E-state index contributed by atoms with van der Waals surface area (Å²) in [6.07, 6.45) is -20.7. The van der Waals surface area contributed by atoms with E-state index in [2.05, 4.69) is 0 Å². The SMILES string of the molecule is Cc1cc(C)c(N2C(=O)c3cccc(-n4c5cc(-c6cc(C(F)(F)F)cc(C(F)(F)F)c6)ccc5c5ccc(-c6cc(C(F)(F)F)cc(C(F)(F)F)c6)cc54)c3C2=O)c(C)c1. The molecule has 1 aliphatic rings. The summed E-state index contributed by atoms with van der Waals surface area (Å²) < 4.78 is 169. The van der Waals surface area contributed by atoms with Crippen molar-refractivity contribution in [2.24, 2.45) is 0 Å². The van der Waals surface area contributed by atoms with Gasteiger partial charge in [-0.3, -0.25) is 9.59 Å². The van der Waals surface area contributed by atoms with Crippen LogP contribution in [0.25, 0.3) is 49.7 Å². The van der Waals surface area contributed by atoms with Crippen LogP contribution >= 0.6 is 0 Å². The van der Waals surface area contributed by atoms with Crippen LogP contribution in [0.5, 0.6) is 0 Å². The molecule has 6 aromatic carbocycles. The van der Waals surface area contributed by atoms with Gasteiger partial charge in [-0.25, -0.2) is 4.90 Å². The second kappa shape index (κ2) is 13.7. The first kappa shape index (κ1) is 41.2. The van der Waals surface area contributed by atoms with Gasteiger partial charge in [-0.05, 0) is 115 Å². The standard InChI is InChI=1S/C45H26F12N2O2/c1-21-11-22(2)39(23(3)12-21)59-40(60)34-5-4-6-35(38(34)41(59)61)58-36-17-24(26-13-28(42(46,47)48)19-29(14-26)43(49,50)51)7-9-32(36)33-10-8-25(18-37(33)58)27-15-30(44(52,53)54)20-31(16-27)45(55,56)57/h4-20H,1-3H3. The number of imide groups is 1. The third-order valence-corrected chi connectivity index (χ3v) is 10.6. The Morgan fingerprint density at radius 1 is 0.443 bits per heavy atom. The van der Waals surface area contributed by atoms with Crippen molar-refractivity contribution in [3.63, 3.8) is 0 Å². The lowest BCUT2D eigenvalue weighted by Gasteiger charge is -2.20. The Balaban J connectivity index is 1.44. The van der Waals surface area contributed by atoms with E-state index >= 15 is 0 Å². The minimum Gasteiger partial charge on any atom is -0.308 e. The van der Waals surface area contributed by atoms with Crippen molar-refractivity contribution in [1.29, 1.82) is 0 Å². The Labute approximate surface area is 337 Å². The summed E-state index contributed by atoms with van der Waals surface area (Å²) >= 11 is 0. The molecule has 0 unspecified atom stereocenters. The van der Waals surface area contributed by atoms with E-state index in [4.69, 9.17) is 0 Å². The predicted molar refractivity (Wildman–Crippen MR) is 203 cm³/mol. The molecule has 61 heavy (non-hydrogen) atoms. The summed E-state index contributed by atoms with van der Waals surface area (Å²) in [5.41, 5.74) is -5.48. The van der Waals surface area contributed by atoms with E-state index in [1.807, 2.05) is 6.92 Å². The van der Waals surface area contributed by atoms with E-state index in [0.717, 1.165) is 10.5 Å². The number of hydrogen-bond donors (Lipinski definition) is 0. The van der Waals surface area contributed by atoms with Gasteiger partial charge < -0.3 is 4.57 Å². The molecule has 0 saturated carbocycles. The molecular weight excluding hydrogens is 828 g/mol. The van der Waals surface area contributed by atoms with Crippen molar-refractivity contribution in [3.8, 4) is 27.9 Å². The maximum Gasteiger partial charge on any atom is 0.416 e. The largest absolute Gasteiger partial charge is 0.416 e. The summed E-state index contributed by atoms with van der Waals surface area (Å²) in [5.74, 6) is -1.51. The molecule has 16 heteroatoms. The minimum absolute atomic E-state index is 0.0184. The van der Waals surface area contributed by atoms with E-state index in [9.17, 15) is 62.3 Å². The molecule has 1 aliphatic heterocycles. The Bertz CT molecular complexity index is 2790. The molecule has 0 spiro atoms. The van der Waals surface area contributed by atoms with Crippen LogP contribution in [0.2, 0.25) is 0 Å². The topological polar surface area (TPSA) is 42.3 Å². The number of nitrogens with zero attached hydrogens (tertiary/aromatic N) is 2. The summed E-state index contributed by atoms with van der Waals surface area (Å²) in [6, 6.07) is 17.6. The van der Waals surface area contributed by atoms with E-state index in [0.29, 0.717) is 41.1 Å². The molecule has 0 saturated heterocycles. The molecule has 0 atom stereocenters. The number of amides is 2. The van der Waals surface area contributed by atoms with Gasteiger partial charge in [0, 0.05) is 10.8 Å². The third-order valence-electron chi connectivity index (χ3n) is 10.6. The first-order valence-corrected chi connectivity index (χ1v) is 18.1. The van der Waals surface area contributed by atoms with E-state index in [-0.39, 0.29) is 61.9 Å². The third kappa shape index (κ3) is 7.06. The summed E-state index contributed by atoms with van der Waals surface area (Å²) in [7, 11) is 0. The predicted octanol–water partition coefficient (Wildman–Crippen LogP) is 13.9. The zero-order valence-corrected chi connectivity index (χ0v) is 31.6. The molecule has 1 aromatic heterocycles. The van der Waals surface area contributed by atoms with E-state index in [1.165, 1.54) is 59.2 Å². The highest BCUT2D eigenvalue weighted by Gasteiger charge is 2.42. The fraction of sp³-hybridized carbons (Fsp3) is 0.156. The zero-order chi connectivity index (χ0) is 44.3. The zero-order valence-electron chi connectivity index (χ0n) is 31.6. The number of carbonyl (C=O) groups excluding carboxylic acids is 2. The van der Waals surface area contributed by atoms with Crippen molar-refractivity contribution >= 4 is 39.3 Å². The number of alkyl halides is 12. The van der Waals surface area contributed by atoms with Crippen molar-refractivity contribution in [3.05, 3.63) is 153 Å². The van der Waals surface area contributed by atoms with Crippen molar-refractivity contribution in [2.75, 3.05) is 4.90 Å². The highest BCUT2D eigenvalue weighted by atomic mass is 19.4. The van der Waals surface area contributed by atoms with Gasteiger partial charge in [-0.15, -0.1) is 0 Å². The van der Waals surface area contributed by atoms with Crippen LogP contribution in [0.1, 0.15) is 59.7 Å². The van der Waals surface area contributed by atoms with Crippen LogP contribution in [0.3, 0.4) is 0 Å². The lowest BCUT2D eigenvalue weighted by atomic mass is 9.97. The Hall–Kier alpha value is -6.58. The summed E-state index contributed by atoms with van der Waals surface area (Å²) in [5, 5.41) is 0.564. The van der Waals surface area contributed by atoms with Gasteiger partial charge in [-0.2, -0.15) is 52.7 Å². The Kier molecular flexibility index (Phi) is 9.26. The molecular formula is C45H26F12N2O2. The fourth-order valence-corrected chi connectivity index (χ4v) is 8.06. The summed E-state index contributed by atoms with van der Waals surface area (Å²) in [6.45, 7) is 5.22. The molecule has 4 nitrogen and oxygen atoms in total. The highest BCUT2D eigenvalue weighted by molar-refractivity contribution is 6.36. The first-order chi connectivity index (χ1) is 28.3. The van der Waals surface area contributed by atoms with Gasteiger partial charge in [0.05, 0.1) is 55.8 Å². The van der Waals surface area contributed by atoms with Crippen LogP contribution in [-0.2, 0) is 24.7 Å². The Morgan fingerprint density at radius 3 is 1.25 bits per heavy atom. The quantitative estimate of drug-likeness (QED) is 0.131. The minimum atomic E-state index is -5.18. The number of anilines is 1. The van der Waals surface area contributed by atoms with Crippen LogP contribution in [0.4, 0.5) is 58.4 Å². The lowest BCUT2D eigenvalue weighted by molar-refractivity contribution is -0.144. The van der Waals surface area contributed by atoms with Gasteiger partial charge in [0.25, 0.3) is 11.8 Å². The number of carbonyl (C=O) groups is 2. The molecule has 312 valence electrons. The van der Waals surface area contributed by atoms with Gasteiger partial charge >= 0.3 is 24.7 Å². The van der Waals surface area contributed by atoms with Gasteiger partial charge in [0.15, 0.2) is 0 Å². The number of hydrogen-bond acceptors (Lipinski definition) is 2. The van der Waals surface area contributed by atoms with Gasteiger partial charge in [-0.1, -0.05) is 48.0 Å². The van der Waals surface area contributed by atoms with Crippen LogP contribution in [-0.4, -0.2) is 16.4 Å². The normalized spacial score (nSPS) is 13.9. The van der Waals surface area contributed by atoms with Gasteiger partial charge in [0.1, 0.15) is 0 Å². The number of aromatic nitrogens is 1. The van der Waals surface area contributed by atoms with Crippen molar-refractivity contribution in [1.82, 2.24) is 4.57 Å². The van der Waals surface area contributed by atoms with Crippen LogP contribution in [0, 0.1) is 20.8 Å². The number of fused-ring (bicyclic) bond motifs is 4. The molecule has 0 fully saturated rings. The second-order valence-electron chi connectivity index (χ2n) is 14.8. The fourth-order valence-electron chi connectivity index (χ4n) is 8.06. The number of aryl methyl sites for hydroxylation is 3. The average molecular weight is 855 g/mol. The lowest BCUT2D eigenvalue weighted by Crippen LogP contribution is -2.31. The molecule has 0 N–H and O–H groups in total. The van der Waals surface area contributed by atoms with Crippen molar-refractivity contribution in [2.45, 2.75) is 45.5 Å². The molecule has 0 aliphatic carbocycles. The average Bonchev–Trinajstić information content (AvgIpc) is 3.62. The monoisotopic (exact) mass is 854 g/mol. The number of halogens is 12. The highest BCUT2D eigenvalue weighted by Crippen LogP contribution is 2.45. The second-order valence-corrected chi connectivity index (χ2v) is 14.8. The Morgan fingerprint density at radius 2 is 0.852 bits per heavy atom. The number of rotatable bonds is 4. The smallest absolute Gasteiger partial charge is 0.308 e. The number of benzene rings is 6. The maximum absolute atomic E-state index is 14.6. The molecule has 2 amide bonds. The maximum atomic E-state index is 14.6. The van der Waals surface area contributed by atoms with Crippen LogP contribution in [0.15, 0.2) is 103 Å². The van der Waals surface area contributed by atoms with E-state index in [1.54, 1.807) is 26.0 Å². The molecule has 8 rings (SSSR count).